The molecule has 0 amide bonds. The lowest BCUT2D eigenvalue weighted by Gasteiger charge is -2.34. The number of aliphatic hydroxyl groups excluding tert-OH is 1. The van der Waals surface area contributed by atoms with Crippen LogP contribution >= 0.6 is 0 Å². The summed E-state index contributed by atoms with van der Waals surface area (Å²) in [4.78, 5) is 0. The summed E-state index contributed by atoms with van der Waals surface area (Å²) >= 11 is 0. The summed E-state index contributed by atoms with van der Waals surface area (Å²) in [5.41, 5.74) is 5.97. The first-order chi connectivity index (χ1) is 8.35. The molecule has 1 unspecified atom stereocenters. The first-order valence-corrected chi connectivity index (χ1v) is 7.36. The largest absolute Gasteiger partial charge is 0.394 e. The number of hydrogen-bond donors (Lipinski definition) is 2. The summed E-state index contributed by atoms with van der Waals surface area (Å²) < 4.78 is 5.92. The van der Waals surface area contributed by atoms with E-state index in [1.807, 2.05) is 6.92 Å². The molecule has 0 aromatic heterocycles. The number of nitrogens with two attached hydrogens (primary N) is 1. The van der Waals surface area contributed by atoms with E-state index in [9.17, 15) is 0 Å². The van der Waals surface area contributed by atoms with Gasteiger partial charge in [0.15, 0.2) is 0 Å². The molecule has 0 aliphatic heterocycles. The van der Waals surface area contributed by atoms with Gasteiger partial charge >= 0.3 is 0 Å². The van der Waals surface area contributed by atoms with Crippen molar-refractivity contribution in [3.05, 3.63) is 0 Å². The van der Waals surface area contributed by atoms with Gasteiger partial charge in [0.1, 0.15) is 0 Å². The third-order valence-corrected chi connectivity index (χ3v) is 4.14. The van der Waals surface area contributed by atoms with Gasteiger partial charge in [0, 0.05) is 12.1 Å². The minimum absolute atomic E-state index is 0.0611. The Balaban J connectivity index is 2.02. The third-order valence-electron chi connectivity index (χ3n) is 4.14. The van der Waals surface area contributed by atoms with Crippen molar-refractivity contribution in [2.45, 2.75) is 77.4 Å². The van der Waals surface area contributed by atoms with E-state index in [4.69, 9.17) is 15.6 Å². The lowest BCUT2D eigenvalue weighted by molar-refractivity contribution is 0.00221. The van der Waals surface area contributed by atoms with Crippen molar-refractivity contribution >= 4 is 0 Å². The highest BCUT2D eigenvalue weighted by atomic mass is 16.5. The summed E-state index contributed by atoms with van der Waals surface area (Å²) in [6, 6.07) is 0. The van der Waals surface area contributed by atoms with Gasteiger partial charge in [-0.05, 0) is 57.3 Å². The van der Waals surface area contributed by atoms with Gasteiger partial charge in [-0.2, -0.15) is 0 Å². The Bertz CT molecular complexity index is 229. The Labute approximate surface area is 112 Å². The monoisotopic (exact) mass is 257 g/mol. The van der Waals surface area contributed by atoms with Crippen molar-refractivity contribution in [3.8, 4) is 0 Å². The molecule has 0 aromatic rings. The van der Waals surface area contributed by atoms with Crippen LogP contribution in [0.3, 0.4) is 0 Å². The van der Waals surface area contributed by atoms with Crippen LogP contribution in [0, 0.1) is 5.41 Å². The van der Waals surface area contributed by atoms with Crippen molar-refractivity contribution < 1.29 is 9.84 Å². The molecule has 1 saturated carbocycles. The van der Waals surface area contributed by atoms with E-state index in [2.05, 4.69) is 13.8 Å². The minimum atomic E-state index is -0.422. The lowest BCUT2D eigenvalue weighted by Crippen LogP contribution is -2.40. The molecular weight excluding hydrogens is 226 g/mol. The second-order valence-electron chi connectivity index (χ2n) is 7.00. The quantitative estimate of drug-likeness (QED) is 0.690. The maximum atomic E-state index is 9.05. The zero-order valence-electron chi connectivity index (χ0n) is 12.4. The molecule has 3 heteroatoms. The number of ether oxygens (including phenoxy) is 1. The maximum absolute atomic E-state index is 9.05. The van der Waals surface area contributed by atoms with Gasteiger partial charge in [-0.25, -0.2) is 0 Å². The average Bonchev–Trinajstić information content (AvgIpc) is 2.30. The summed E-state index contributed by atoms with van der Waals surface area (Å²) in [6.07, 6.45) is 8.39. The van der Waals surface area contributed by atoms with Crippen LogP contribution in [0.5, 0.6) is 0 Å². The van der Waals surface area contributed by atoms with Crippen LogP contribution in [0.4, 0.5) is 0 Å². The molecule has 1 aliphatic rings. The van der Waals surface area contributed by atoms with Gasteiger partial charge < -0.3 is 15.6 Å². The summed E-state index contributed by atoms with van der Waals surface area (Å²) in [5.74, 6) is 0. The predicted molar refractivity (Wildman–Crippen MR) is 75.5 cm³/mol. The van der Waals surface area contributed by atoms with Crippen molar-refractivity contribution in [1.82, 2.24) is 0 Å². The molecule has 0 bridgehead atoms. The standard InChI is InChI=1S/C15H31NO2/c1-14(2)9-6-13(7-10-14)18-11-5-4-8-15(3,16)12-17/h13,17H,4-12,16H2,1-3H3. The maximum Gasteiger partial charge on any atom is 0.0608 e. The van der Waals surface area contributed by atoms with Gasteiger partial charge in [-0.3, -0.25) is 0 Å². The molecule has 0 aromatic carbocycles. The SMILES string of the molecule is CC1(C)CCC(OCCCCC(C)(N)CO)CC1. The second kappa shape index (κ2) is 6.88. The Hall–Kier alpha value is -0.120. The number of rotatable bonds is 7. The van der Waals surface area contributed by atoms with Crippen LogP contribution in [-0.4, -0.2) is 30.0 Å². The fraction of sp³-hybridized carbons (Fsp3) is 1.00. The fourth-order valence-corrected chi connectivity index (χ4v) is 2.50. The molecule has 0 heterocycles. The van der Waals surface area contributed by atoms with E-state index in [1.54, 1.807) is 0 Å². The molecule has 0 radical (unpaired) electrons. The van der Waals surface area contributed by atoms with Crippen LogP contribution < -0.4 is 5.73 Å². The minimum Gasteiger partial charge on any atom is -0.394 e. The zero-order valence-corrected chi connectivity index (χ0v) is 12.4. The summed E-state index contributed by atoms with van der Waals surface area (Å²) in [5, 5.41) is 9.05. The van der Waals surface area contributed by atoms with E-state index in [1.165, 1.54) is 25.7 Å². The van der Waals surface area contributed by atoms with Gasteiger partial charge in [-0.15, -0.1) is 0 Å². The molecule has 3 nitrogen and oxygen atoms in total. The van der Waals surface area contributed by atoms with E-state index < -0.39 is 5.54 Å². The lowest BCUT2D eigenvalue weighted by atomic mass is 9.76. The Kier molecular flexibility index (Phi) is 6.09. The Morgan fingerprint density at radius 1 is 1.28 bits per heavy atom. The first kappa shape index (κ1) is 15.9. The molecule has 1 rings (SSSR count). The van der Waals surface area contributed by atoms with Gasteiger partial charge in [0.25, 0.3) is 0 Å². The van der Waals surface area contributed by atoms with Gasteiger partial charge in [0.2, 0.25) is 0 Å². The summed E-state index contributed by atoms with van der Waals surface area (Å²) in [7, 11) is 0. The van der Waals surface area contributed by atoms with Crippen LogP contribution in [0.2, 0.25) is 0 Å². The van der Waals surface area contributed by atoms with E-state index in [0.717, 1.165) is 25.9 Å². The van der Waals surface area contributed by atoms with E-state index >= 15 is 0 Å². The van der Waals surface area contributed by atoms with Crippen LogP contribution in [0.25, 0.3) is 0 Å². The zero-order chi connectivity index (χ0) is 13.6. The van der Waals surface area contributed by atoms with Crippen LogP contribution in [0.15, 0.2) is 0 Å². The number of unbranched alkanes of at least 4 members (excludes halogenated alkanes) is 1. The molecule has 1 fully saturated rings. The topological polar surface area (TPSA) is 55.5 Å². The molecule has 18 heavy (non-hydrogen) atoms. The highest BCUT2D eigenvalue weighted by Gasteiger charge is 2.27. The van der Waals surface area contributed by atoms with Crippen LogP contribution in [0.1, 0.15) is 65.7 Å². The van der Waals surface area contributed by atoms with Gasteiger partial charge in [-0.1, -0.05) is 13.8 Å². The molecular formula is C15H31NO2. The normalized spacial score (nSPS) is 23.8. The summed E-state index contributed by atoms with van der Waals surface area (Å²) in [6.45, 7) is 7.50. The highest BCUT2D eigenvalue weighted by molar-refractivity contribution is 4.79. The average molecular weight is 257 g/mol. The van der Waals surface area contributed by atoms with Crippen molar-refractivity contribution in [1.29, 1.82) is 0 Å². The second-order valence-corrected chi connectivity index (χ2v) is 7.00. The van der Waals surface area contributed by atoms with Crippen LogP contribution in [-0.2, 0) is 4.74 Å². The van der Waals surface area contributed by atoms with Crippen molar-refractivity contribution in [2.24, 2.45) is 11.1 Å². The predicted octanol–water partition coefficient (Wildman–Crippen LogP) is 2.85. The number of aliphatic hydroxyl groups is 1. The first-order valence-electron chi connectivity index (χ1n) is 7.36. The molecule has 108 valence electrons. The van der Waals surface area contributed by atoms with Gasteiger partial charge in [0.05, 0.1) is 12.7 Å². The Morgan fingerprint density at radius 2 is 1.89 bits per heavy atom. The molecule has 3 N–H and O–H groups in total. The molecule has 1 atom stereocenters. The highest BCUT2D eigenvalue weighted by Crippen LogP contribution is 2.36. The van der Waals surface area contributed by atoms with Crippen molar-refractivity contribution in [2.75, 3.05) is 13.2 Å². The fourth-order valence-electron chi connectivity index (χ4n) is 2.50. The molecule has 0 saturated heterocycles. The Morgan fingerprint density at radius 3 is 2.44 bits per heavy atom. The van der Waals surface area contributed by atoms with Crippen molar-refractivity contribution in [3.63, 3.8) is 0 Å². The van der Waals surface area contributed by atoms with E-state index in [0.29, 0.717) is 11.5 Å². The third kappa shape index (κ3) is 6.17. The smallest absolute Gasteiger partial charge is 0.0608 e. The van der Waals surface area contributed by atoms with E-state index in [-0.39, 0.29) is 6.61 Å². The number of hydrogen-bond acceptors (Lipinski definition) is 3. The molecule has 0 spiro atoms. The molecule has 1 aliphatic carbocycles.